The van der Waals surface area contributed by atoms with Gasteiger partial charge in [-0.3, -0.25) is 14.5 Å². The lowest BCUT2D eigenvalue weighted by molar-refractivity contribution is -0.166. The van der Waals surface area contributed by atoms with Crippen molar-refractivity contribution in [2.24, 2.45) is 5.92 Å². The first-order chi connectivity index (χ1) is 20.3. The summed E-state index contributed by atoms with van der Waals surface area (Å²) in [6.07, 6.45) is 7.15. The van der Waals surface area contributed by atoms with E-state index in [4.69, 9.17) is 9.84 Å². The minimum Gasteiger partial charge on any atom is -0.478 e. The summed E-state index contributed by atoms with van der Waals surface area (Å²) < 4.78 is 5.86. The fourth-order valence-electron chi connectivity index (χ4n) is 6.76. The molecule has 0 aromatic heterocycles. The van der Waals surface area contributed by atoms with E-state index in [1.54, 1.807) is 12.1 Å². The van der Waals surface area contributed by atoms with E-state index < -0.39 is 23.7 Å². The summed E-state index contributed by atoms with van der Waals surface area (Å²) in [6, 6.07) is 13.2. The van der Waals surface area contributed by atoms with Crippen LogP contribution in [0.3, 0.4) is 0 Å². The van der Waals surface area contributed by atoms with Crippen LogP contribution in [0.5, 0.6) is 11.5 Å². The number of aliphatic hydroxyl groups is 1. The lowest BCUT2D eigenvalue weighted by atomic mass is 9.78. The number of hydrogen-bond acceptors (Lipinski definition) is 6. The molecule has 3 aliphatic rings. The number of rotatable bonds is 10. The fraction of sp³-hybridized carbons (Fsp3) is 0.545. The number of halogens is 1. The number of piperidine rings is 1. The standard InChI is InChI=1S/C33H43N3O6.ClH/c1-2-3-19-36-30(38)28(29(37)24-7-5-4-6-8-24)34-32(41)33(36)17-20-35(21-18-33)22-23-9-13-26(14-10-23)42-27-15-11-25(12-16-27)31(39)40;/h9-16,24,28-29,37H,2-8,17-22H2,1H3,(H,34,41)(H,39,40);1H/t28-,29+;/m1./s1. The number of nitrogens with one attached hydrogen (secondary N) is 1. The van der Waals surface area contributed by atoms with Crippen molar-refractivity contribution < 1.29 is 29.3 Å². The van der Waals surface area contributed by atoms with Crippen molar-refractivity contribution in [1.82, 2.24) is 15.1 Å². The molecular weight excluding hydrogens is 570 g/mol. The Labute approximate surface area is 260 Å². The van der Waals surface area contributed by atoms with Crippen LogP contribution in [0.4, 0.5) is 0 Å². The first-order valence-electron chi connectivity index (χ1n) is 15.4. The second kappa shape index (κ2) is 14.6. The molecule has 234 valence electrons. The number of aliphatic hydroxyl groups excluding tert-OH is 1. The van der Waals surface area contributed by atoms with Crippen LogP contribution >= 0.6 is 12.4 Å². The summed E-state index contributed by atoms with van der Waals surface area (Å²) in [4.78, 5) is 42.7. The number of likely N-dealkylation sites (tertiary alicyclic amines) is 1. The van der Waals surface area contributed by atoms with Gasteiger partial charge in [-0.25, -0.2) is 4.79 Å². The molecule has 0 radical (unpaired) electrons. The molecule has 3 N–H and O–H groups in total. The van der Waals surface area contributed by atoms with Gasteiger partial charge in [0.2, 0.25) is 11.8 Å². The van der Waals surface area contributed by atoms with Gasteiger partial charge in [0.25, 0.3) is 0 Å². The Hall–Kier alpha value is -3.14. The molecule has 10 heteroatoms. The summed E-state index contributed by atoms with van der Waals surface area (Å²) in [7, 11) is 0. The smallest absolute Gasteiger partial charge is 0.335 e. The quantitative estimate of drug-likeness (QED) is 0.345. The van der Waals surface area contributed by atoms with Gasteiger partial charge in [0.1, 0.15) is 23.1 Å². The van der Waals surface area contributed by atoms with Gasteiger partial charge in [0, 0.05) is 26.2 Å². The molecule has 2 heterocycles. The second-order valence-electron chi connectivity index (χ2n) is 12.1. The van der Waals surface area contributed by atoms with Gasteiger partial charge >= 0.3 is 5.97 Å². The number of carboxylic acids is 1. The maximum atomic E-state index is 13.8. The number of ether oxygens (including phenoxy) is 1. The van der Waals surface area contributed by atoms with E-state index in [2.05, 4.69) is 17.1 Å². The Morgan fingerprint density at radius 2 is 1.60 bits per heavy atom. The first kappa shape index (κ1) is 32.8. The summed E-state index contributed by atoms with van der Waals surface area (Å²) in [5.74, 6) is 0.0741. The first-order valence-corrected chi connectivity index (χ1v) is 15.4. The number of amides is 2. The van der Waals surface area contributed by atoms with E-state index in [-0.39, 0.29) is 35.7 Å². The number of benzene rings is 2. The van der Waals surface area contributed by atoms with Crippen molar-refractivity contribution in [2.75, 3.05) is 19.6 Å². The number of aromatic carboxylic acids is 1. The molecule has 2 aromatic carbocycles. The molecule has 3 fully saturated rings. The molecule has 2 aliphatic heterocycles. The average molecular weight is 614 g/mol. The number of piperazine rings is 1. The summed E-state index contributed by atoms with van der Waals surface area (Å²) in [5, 5.41) is 23.2. The van der Waals surface area contributed by atoms with Crippen LogP contribution in [0.1, 0.15) is 80.6 Å². The van der Waals surface area contributed by atoms with Gasteiger partial charge in [0.05, 0.1) is 11.7 Å². The Balaban J connectivity index is 0.00000423. The van der Waals surface area contributed by atoms with Gasteiger partial charge in [-0.1, -0.05) is 44.7 Å². The minimum atomic E-state index is -0.975. The molecule has 2 aromatic rings. The highest BCUT2D eigenvalue weighted by molar-refractivity contribution is 6.00. The summed E-state index contributed by atoms with van der Waals surface area (Å²) in [6.45, 7) is 4.72. The van der Waals surface area contributed by atoms with E-state index in [1.807, 2.05) is 29.2 Å². The lowest BCUT2D eigenvalue weighted by Crippen LogP contribution is -2.75. The van der Waals surface area contributed by atoms with Gasteiger partial charge in [-0.15, -0.1) is 12.4 Å². The van der Waals surface area contributed by atoms with Crippen molar-refractivity contribution in [1.29, 1.82) is 0 Å². The third-order valence-corrected chi connectivity index (χ3v) is 9.32. The van der Waals surface area contributed by atoms with Crippen molar-refractivity contribution in [3.8, 4) is 11.5 Å². The van der Waals surface area contributed by atoms with Crippen LogP contribution in [0, 0.1) is 5.92 Å². The normalized spacial score (nSPS) is 21.6. The van der Waals surface area contributed by atoms with Gasteiger partial charge in [0.15, 0.2) is 0 Å². The molecule has 2 atom stereocenters. The van der Waals surface area contributed by atoms with Crippen molar-refractivity contribution in [3.05, 3.63) is 59.7 Å². The van der Waals surface area contributed by atoms with Crippen LogP contribution in [-0.4, -0.2) is 75.1 Å². The summed E-state index contributed by atoms with van der Waals surface area (Å²) in [5.41, 5.74) is 0.461. The lowest BCUT2D eigenvalue weighted by Gasteiger charge is -2.52. The topological polar surface area (TPSA) is 119 Å². The number of carbonyl (C=O) groups excluding carboxylic acids is 2. The highest BCUT2D eigenvalue weighted by Crippen LogP contribution is 2.36. The van der Waals surface area contributed by atoms with Gasteiger partial charge in [-0.05, 0) is 80.0 Å². The van der Waals surface area contributed by atoms with Crippen LogP contribution < -0.4 is 10.1 Å². The number of carboxylic acid groups (broad SMARTS) is 1. The van der Waals surface area contributed by atoms with E-state index >= 15 is 0 Å². The van der Waals surface area contributed by atoms with Gasteiger partial charge in [-0.2, -0.15) is 0 Å². The zero-order chi connectivity index (χ0) is 29.7. The van der Waals surface area contributed by atoms with Crippen molar-refractivity contribution >= 4 is 30.2 Å². The highest BCUT2D eigenvalue weighted by Gasteiger charge is 2.55. The van der Waals surface area contributed by atoms with Crippen LogP contribution in [0.2, 0.25) is 0 Å². The zero-order valence-corrected chi connectivity index (χ0v) is 25.7. The average Bonchev–Trinajstić information content (AvgIpc) is 3.01. The third kappa shape index (κ3) is 7.33. The molecule has 9 nitrogen and oxygen atoms in total. The van der Waals surface area contributed by atoms with Crippen LogP contribution in [0.25, 0.3) is 0 Å². The molecule has 1 saturated carbocycles. The van der Waals surface area contributed by atoms with Crippen LogP contribution in [0.15, 0.2) is 48.5 Å². The molecule has 5 rings (SSSR count). The van der Waals surface area contributed by atoms with Gasteiger partial charge < -0.3 is 25.2 Å². The molecule has 2 amide bonds. The van der Waals surface area contributed by atoms with Crippen molar-refractivity contribution in [2.45, 2.75) is 88.9 Å². The predicted molar refractivity (Wildman–Crippen MR) is 166 cm³/mol. The van der Waals surface area contributed by atoms with E-state index in [9.17, 15) is 19.5 Å². The Morgan fingerprint density at radius 1 is 1.00 bits per heavy atom. The Morgan fingerprint density at radius 3 is 2.19 bits per heavy atom. The Kier molecular flexibility index (Phi) is 11.1. The minimum absolute atomic E-state index is 0. The molecule has 2 saturated heterocycles. The second-order valence-corrected chi connectivity index (χ2v) is 12.1. The van der Waals surface area contributed by atoms with E-state index in [1.165, 1.54) is 18.6 Å². The monoisotopic (exact) mass is 613 g/mol. The fourth-order valence-corrected chi connectivity index (χ4v) is 6.76. The molecule has 0 unspecified atom stereocenters. The number of carbonyl (C=O) groups is 3. The zero-order valence-electron chi connectivity index (χ0n) is 24.9. The molecule has 0 bridgehead atoms. The number of unbranched alkanes of at least 4 members (excludes halogenated alkanes) is 1. The van der Waals surface area contributed by atoms with E-state index in [0.29, 0.717) is 44.0 Å². The number of nitrogens with zero attached hydrogens (tertiary/aromatic N) is 2. The SMILES string of the molecule is CCCCN1C(=O)[C@@H]([C@@H](O)C2CCCCC2)NC(=O)C12CCN(Cc1ccc(Oc3ccc(C(=O)O)cc3)cc1)CC2.Cl. The summed E-state index contributed by atoms with van der Waals surface area (Å²) >= 11 is 0. The Bertz CT molecular complexity index is 1240. The molecule has 43 heavy (non-hydrogen) atoms. The maximum absolute atomic E-state index is 13.8. The largest absolute Gasteiger partial charge is 0.478 e. The molecule has 1 spiro atoms. The molecular formula is C33H44ClN3O6. The van der Waals surface area contributed by atoms with Crippen molar-refractivity contribution in [3.63, 3.8) is 0 Å². The maximum Gasteiger partial charge on any atom is 0.335 e. The van der Waals surface area contributed by atoms with E-state index in [0.717, 1.165) is 50.6 Å². The number of hydrogen-bond donors (Lipinski definition) is 3. The van der Waals surface area contributed by atoms with Crippen LogP contribution in [-0.2, 0) is 16.1 Å². The molecule has 1 aliphatic carbocycles. The third-order valence-electron chi connectivity index (χ3n) is 9.32. The highest BCUT2D eigenvalue weighted by atomic mass is 35.5. The predicted octanol–water partition coefficient (Wildman–Crippen LogP) is 5.00.